The number of nitrogens with zero attached hydrogens (tertiary/aromatic N) is 1. The van der Waals surface area contributed by atoms with E-state index in [1.165, 1.54) is 12.1 Å². The van der Waals surface area contributed by atoms with E-state index in [4.69, 9.17) is 0 Å². The zero-order valence-electron chi connectivity index (χ0n) is 11.4. The number of fused-ring (bicyclic) bond motifs is 1. The highest BCUT2D eigenvalue weighted by atomic mass is 19.4. The largest absolute Gasteiger partial charge is 0.506 e. The lowest BCUT2D eigenvalue weighted by atomic mass is 10.0. The third-order valence-corrected chi connectivity index (χ3v) is 3.44. The molecule has 1 aromatic heterocycles. The molecule has 0 atom stereocenters. The molecule has 0 spiro atoms. The first-order valence-corrected chi connectivity index (χ1v) is 6.66. The average molecular weight is 303 g/mol. The maximum absolute atomic E-state index is 12.5. The fourth-order valence-electron chi connectivity index (χ4n) is 2.33. The Morgan fingerprint density at radius 1 is 0.955 bits per heavy atom. The molecule has 0 aliphatic carbocycles. The Labute approximate surface area is 124 Å². The number of alkyl halides is 3. The number of halogens is 3. The fraction of sp³-hybridized carbons (Fsp3) is 0.118. The summed E-state index contributed by atoms with van der Waals surface area (Å²) >= 11 is 0. The van der Waals surface area contributed by atoms with Crippen molar-refractivity contribution in [3.05, 3.63) is 71.4 Å². The van der Waals surface area contributed by atoms with E-state index < -0.39 is 11.7 Å². The van der Waals surface area contributed by atoms with Gasteiger partial charge < -0.3 is 5.11 Å². The van der Waals surface area contributed by atoms with Crippen molar-refractivity contribution >= 4 is 10.9 Å². The molecule has 0 saturated carbocycles. The van der Waals surface area contributed by atoms with E-state index in [0.29, 0.717) is 11.9 Å². The number of phenols is 1. The summed E-state index contributed by atoms with van der Waals surface area (Å²) in [6, 6.07) is 12.1. The molecule has 22 heavy (non-hydrogen) atoms. The molecule has 2 aromatic carbocycles. The molecule has 0 bridgehead atoms. The Morgan fingerprint density at radius 2 is 1.68 bits per heavy atom. The number of hydrogen-bond acceptors (Lipinski definition) is 2. The highest BCUT2D eigenvalue weighted by molar-refractivity contribution is 5.84. The van der Waals surface area contributed by atoms with E-state index in [1.54, 1.807) is 18.3 Å². The van der Waals surface area contributed by atoms with Gasteiger partial charge in [-0.3, -0.25) is 4.98 Å². The van der Waals surface area contributed by atoms with Crippen molar-refractivity contribution in [2.24, 2.45) is 0 Å². The maximum Gasteiger partial charge on any atom is 0.416 e. The smallest absolute Gasteiger partial charge is 0.416 e. The van der Waals surface area contributed by atoms with Gasteiger partial charge in [0, 0.05) is 11.6 Å². The molecule has 1 N–H and O–H groups in total. The van der Waals surface area contributed by atoms with Gasteiger partial charge in [-0.25, -0.2) is 0 Å². The number of aromatic nitrogens is 1. The molecule has 0 radical (unpaired) electrons. The van der Waals surface area contributed by atoms with Crippen LogP contribution in [0.3, 0.4) is 0 Å². The quantitative estimate of drug-likeness (QED) is 0.753. The Morgan fingerprint density at radius 3 is 2.36 bits per heavy atom. The Kier molecular flexibility index (Phi) is 3.48. The van der Waals surface area contributed by atoms with Gasteiger partial charge in [0.25, 0.3) is 0 Å². The van der Waals surface area contributed by atoms with Crippen molar-refractivity contribution in [3.63, 3.8) is 0 Å². The molecule has 1 heterocycles. The normalized spacial score (nSPS) is 11.8. The predicted octanol–water partition coefficient (Wildman–Crippen LogP) is 4.55. The minimum Gasteiger partial charge on any atom is -0.506 e. The number of rotatable bonds is 2. The number of phenolic OH excluding ortho intramolecular Hbond substituents is 1. The van der Waals surface area contributed by atoms with Gasteiger partial charge in [0.15, 0.2) is 0 Å². The Balaban J connectivity index is 1.87. The minimum absolute atomic E-state index is 0.110. The van der Waals surface area contributed by atoms with Crippen LogP contribution in [0.4, 0.5) is 13.2 Å². The molecular formula is C17H12F3NO. The van der Waals surface area contributed by atoms with Gasteiger partial charge in [-0.1, -0.05) is 24.3 Å². The molecule has 0 aliphatic rings. The molecular weight excluding hydrogens is 291 g/mol. The maximum atomic E-state index is 12.5. The van der Waals surface area contributed by atoms with Crippen LogP contribution in [0, 0.1) is 0 Å². The van der Waals surface area contributed by atoms with E-state index in [2.05, 4.69) is 4.98 Å². The third kappa shape index (κ3) is 2.88. The number of benzene rings is 2. The summed E-state index contributed by atoms with van der Waals surface area (Å²) in [5.74, 6) is 0.110. The first-order valence-electron chi connectivity index (χ1n) is 6.66. The van der Waals surface area contributed by atoms with Gasteiger partial charge in [0.05, 0.1) is 5.56 Å². The number of para-hydroxylation sites is 1. The molecule has 0 fully saturated rings. The molecule has 0 saturated heterocycles. The zero-order chi connectivity index (χ0) is 15.7. The molecule has 2 nitrogen and oxygen atoms in total. The van der Waals surface area contributed by atoms with E-state index in [0.717, 1.165) is 28.6 Å². The first-order chi connectivity index (χ1) is 10.4. The van der Waals surface area contributed by atoms with Crippen molar-refractivity contribution < 1.29 is 18.3 Å². The summed E-state index contributed by atoms with van der Waals surface area (Å²) < 4.78 is 37.6. The van der Waals surface area contributed by atoms with Crippen LogP contribution in [-0.2, 0) is 12.6 Å². The molecule has 5 heteroatoms. The molecule has 3 rings (SSSR count). The monoisotopic (exact) mass is 303 g/mol. The van der Waals surface area contributed by atoms with Crippen LogP contribution in [0.1, 0.15) is 16.7 Å². The second kappa shape index (κ2) is 5.33. The van der Waals surface area contributed by atoms with Gasteiger partial charge in [0.1, 0.15) is 11.3 Å². The molecule has 0 aliphatic heterocycles. The van der Waals surface area contributed by atoms with E-state index in [1.807, 2.05) is 12.1 Å². The van der Waals surface area contributed by atoms with Crippen molar-refractivity contribution in [1.82, 2.24) is 4.98 Å². The van der Waals surface area contributed by atoms with Crippen LogP contribution >= 0.6 is 0 Å². The second-order valence-corrected chi connectivity index (χ2v) is 5.06. The first kappa shape index (κ1) is 14.4. The summed E-state index contributed by atoms with van der Waals surface area (Å²) in [6.45, 7) is 0. The lowest BCUT2D eigenvalue weighted by Crippen LogP contribution is -2.04. The predicted molar refractivity (Wildman–Crippen MR) is 77.7 cm³/mol. The average Bonchev–Trinajstić information content (AvgIpc) is 2.47. The van der Waals surface area contributed by atoms with E-state index in [-0.39, 0.29) is 5.75 Å². The number of pyridine rings is 1. The summed E-state index contributed by atoms with van der Waals surface area (Å²) in [7, 11) is 0. The zero-order valence-corrected chi connectivity index (χ0v) is 11.4. The van der Waals surface area contributed by atoms with E-state index >= 15 is 0 Å². The van der Waals surface area contributed by atoms with Crippen LogP contribution in [0.25, 0.3) is 10.9 Å². The van der Waals surface area contributed by atoms with Gasteiger partial charge in [-0.2, -0.15) is 13.2 Å². The molecule has 0 amide bonds. The lowest BCUT2D eigenvalue weighted by Gasteiger charge is -2.08. The summed E-state index contributed by atoms with van der Waals surface area (Å²) in [4.78, 5) is 4.20. The van der Waals surface area contributed by atoms with Gasteiger partial charge in [-0.15, -0.1) is 0 Å². The van der Waals surface area contributed by atoms with Gasteiger partial charge in [-0.05, 0) is 41.8 Å². The molecule has 0 unspecified atom stereocenters. The van der Waals surface area contributed by atoms with Gasteiger partial charge >= 0.3 is 6.18 Å². The highest BCUT2D eigenvalue weighted by Crippen LogP contribution is 2.29. The van der Waals surface area contributed by atoms with Crippen molar-refractivity contribution in [2.75, 3.05) is 0 Å². The second-order valence-electron chi connectivity index (χ2n) is 5.06. The molecule has 3 aromatic rings. The summed E-state index contributed by atoms with van der Waals surface area (Å²) in [5, 5.41) is 10.5. The third-order valence-electron chi connectivity index (χ3n) is 3.44. The minimum atomic E-state index is -4.32. The van der Waals surface area contributed by atoms with Crippen LogP contribution in [0.5, 0.6) is 5.75 Å². The van der Waals surface area contributed by atoms with Gasteiger partial charge in [0.2, 0.25) is 0 Å². The summed E-state index contributed by atoms with van der Waals surface area (Å²) in [5.41, 5.74) is 1.50. The Hall–Kier alpha value is -2.56. The fourth-order valence-corrected chi connectivity index (χ4v) is 2.33. The standard InChI is InChI=1S/C17H12F3NO/c18-17(19,20)14-6-4-11(5-7-14)8-12-9-13-2-1-3-15(22)16(13)21-10-12/h1-7,9-10,22H,8H2. The Bertz CT molecular complexity index is 810. The number of aromatic hydroxyl groups is 1. The summed E-state index contributed by atoms with van der Waals surface area (Å²) in [6.07, 6.45) is -2.21. The van der Waals surface area contributed by atoms with Crippen LogP contribution in [0.2, 0.25) is 0 Å². The highest BCUT2D eigenvalue weighted by Gasteiger charge is 2.29. The van der Waals surface area contributed by atoms with Crippen molar-refractivity contribution in [1.29, 1.82) is 0 Å². The topological polar surface area (TPSA) is 33.1 Å². The van der Waals surface area contributed by atoms with Crippen LogP contribution in [0.15, 0.2) is 54.7 Å². The molecule has 112 valence electrons. The van der Waals surface area contributed by atoms with Crippen molar-refractivity contribution in [3.8, 4) is 5.75 Å². The number of hydrogen-bond donors (Lipinski definition) is 1. The van der Waals surface area contributed by atoms with E-state index in [9.17, 15) is 18.3 Å². The van der Waals surface area contributed by atoms with Crippen molar-refractivity contribution in [2.45, 2.75) is 12.6 Å². The van der Waals surface area contributed by atoms with Crippen LogP contribution < -0.4 is 0 Å². The lowest BCUT2D eigenvalue weighted by molar-refractivity contribution is -0.137. The SMILES string of the molecule is Oc1cccc2cc(Cc3ccc(C(F)(F)F)cc3)cnc12. The van der Waals surface area contributed by atoms with Crippen LogP contribution in [-0.4, -0.2) is 10.1 Å².